The second-order valence-electron chi connectivity index (χ2n) is 4.15. The standard InChI is InChI=1S/C14H22O/c1-3-5-7-14(15)13-10-8-12(6-4-2)9-11-13/h8-11,14-15H,3-7H2,1-2H3. The molecule has 1 aromatic carbocycles. The minimum atomic E-state index is -0.277. The van der Waals surface area contributed by atoms with Crippen LogP contribution in [0.25, 0.3) is 0 Å². The van der Waals surface area contributed by atoms with E-state index in [0.29, 0.717) is 0 Å². The van der Waals surface area contributed by atoms with Gasteiger partial charge in [-0.3, -0.25) is 0 Å². The molecule has 0 aromatic heterocycles. The fourth-order valence-electron chi connectivity index (χ4n) is 1.76. The summed E-state index contributed by atoms with van der Waals surface area (Å²) in [5, 5.41) is 9.87. The first-order chi connectivity index (χ1) is 7.27. The fourth-order valence-corrected chi connectivity index (χ4v) is 1.76. The fraction of sp³-hybridized carbons (Fsp3) is 0.571. The lowest BCUT2D eigenvalue weighted by molar-refractivity contribution is 0.164. The highest BCUT2D eigenvalue weighted by atomic mass is 16.3. The normalized spacial score (nSPS) is 12.7. The molecule has 15 heavy (non-hydrogen) atoms. The first-order valence-corrected chi connectivity index (χ1v) is 6.04. The molecule has 1 rings (SSSR count). The molecule has 0 saturated heterocycles. The van der Waals surface area contributed by atoms with Crippen LogP contribution in [0.1, 0.15) is 56.8 Å². The van der Waals surface area contributed by atoms with Gasteiger partial charge in [-0.15, -0.1) is 0 Å². The van der Waals surface area contributed by atoms with Crippen molar-refractivity contribution in [3.05, 3.63) is 35.4 Å². The summed E-state index contributed by atoms with van der Waals surface area (Å²) >= 11 is 0. The average Bonchev–Trinajstić information content (AvgIpc) is 2.27. The number of benzene rings is 1. The lowest BCUT2D eigenvalue weighted by Gasteiger charge is -2.10. The number of hydrogen-bond acceptors (Lipinski definition) is 1. The molecule has 1 aromatic rings. The Morgan fingerprint density at radius 1 is 1.07 bits per heavy atom. The molecule has 1 nitrogen and oxygen atoms in total. The number of aliphatic hydroxyl groups is 1. The molecule has 0 spiro atoms. The van der Waals surface area contributed by atoms with Gasteiger partial charge in [-0.05, 0) is 24.0 Å². The van der Waals surface area contributed by atoms with E-state index in [9.17, 15) is 5.11 Å². The highest BCUT2D eigenvalue weighted by Gasteiger charge is 2.05. The van der Waals surface area contributed by atoms with Crippen LogP contribution in [0, 0.1) is 0 Å². The second kappa shape index (κ2) is 6.62. The Morgan fingerprint density at radius 2 is 1.73 bits per heavy atom. The molecule has 1 N–H and O–H groups in total. The van der Waals surface area contributed by atoms with Crippen molar-refractivity contribution in [2.75, 3.05) is 0 Å². The summed E-state index contributed by atoms with van der Waals surface area (Å²) in [6.45, 7) is 4.33. The van der Waals surface area contributed by atoms with E-state index < -0.39 is 0 Å². The van der Waals surface area contributed by atoms with Crippen molar-refractivity contribution in [3.8, 4) is 0 Å². The van der Waals surface area contributed by atoms with Gasteiger partial charge in [0.25, 0.3) is 0 Å². The van der Waals surface area contributed by atoms with E-state index in [4.69, 9.17) is 0 Å². The zero-order valence-corrected chi connectivity index (χ0v) is 9.87. The van der Waals surface area contributed by atoms with Gasteiger partial charge in [0.2, 0.25) is 0 Å². The summed E-state index contributed by atoms with van der Waals surface area (Å²) in [6, 6.07) is 8.39. The van der Waals surface area contributed by atoms with E-state index in [1.165, 1.54) is 12.0 Å². The Kier molecular flexibility index (Phi) is 5.41. The maximum Gasteiger partial charge on any atom is 0.0790 e. The van der Waals surface area contributed by atoms with Crippen LogP contribution in [-0.2, 0) is 6.42 Å². The van der Waals surface area contributed by atoms with Crippen LogP contribution in [0.5, 0.6) is 0 Å². The molecule has 0 aliphatic heterocycles. The van der Waals surface area contributed by atoms with Gasteiger partial charge in [-0.2, -0.15) is 0 Å². The third-order valence-corrected chi connectivity index (χ3v) is 2.73. The molecule has 0 aliphatic carbocycles. The summed E-state index contributed by atoms with van der Waals surface area (Å²) < 4.78 is 0. The lowest BCUT2D eigenvalue weighted by Crippen LogP contribution is -1.97. The molecule has 0 aliphatic rings. The van der Waals surface area contributed by atoms with Gasteiger partial charge in [-0.25, -0.2) is 0 Å². The number of aliphatic hydroxyl groups excluding tert-OH is 1. The maximum absolute atomic E-state index is 9.87. The highest BCUT2D eigenvalue weighted by molar-refractivity contribution is 5.24. The molecular formula is C14H22O. The largest absolute Gasteiger partial charge is 0.388 e. The summed E-state index contributed by atoms with van der Waals surface area (Å²) in [4.78, 5) is 0. The van der Waals surface area contributed by atoms with Gasteiger partial charge < -0.3 is 5.11 Å². The van der Waals surface area contributed by atoms with E-state index >= 15 is 0 Å². The topological polar surface area (TPSA) is 20.2 Å². The number of hydrogen-bond donors (Lipinski definition) is 1. The smallest absolute Gasteiger partial charge is 0.0790 e. The van der Waals surface area contributed by atoms with Crippen molar-refractivity contribution < 1.29 is 5.11 Å². The Bertz CT molecular complexity index is 263. The number of aryl methyl sites for hydroxylation is 1. The van der Waals surface area contributed by atoms with Crippen LogP contribution in [-0.4, -0.2) is 5.11 Å². The van der Waals surface area contributed by atoms with Crippen molar-refractivity contribution in [1.82, 2.24) is 0 Å². The first-order valence-electron chi connectivity index (χ1n) is 6.04. The van der Waals surface area contributed by atoms with Crippen LogP contribution < -0.4 is 0 Å². The van der Waals surface area contributed by atoms with Crippen LogP contribution in [0.2, 0.25) is 0 Å². The summed E-state index contributed by atoms with van der Waals surface area (Å²) in [5.41, 5.74) is 2.42. The SMILES string of the molecule is CCCCC(O)c1ccc(CCC)cc1. The van der Waals surface area contributed by atoms with Crippen LogP contribution in [0.15, 0.2) is 24.3 Å². The van der Waals surface area contributed by atoms with Crippen LogP contribution in [0.3, 0.4) is 0 Å². The van der Waals surface area contributed by atoms with Gasteiger partial charge in [-0.1, -0.05) is 57.4 Å². The van der Waals surface area contributed by atoms with Crippen molar-refractivity contribution in [1.29, 1.82) is 0 Å². The highest BCUT2D eigenvalue weighted by Crippen LogP contribution is 2.19. The van der Waals surface area contributed by atoms with Crippen LogP contribution in [0.4, 0.5) is 0 Å². The summed E-state index contributed by atoms with van der Waals surface area (Å²) in [5.74, 6) is 0. The minimum Gasteiger partial charge on any atom is -0.388 e. The molecule has 1 unspecified atom stereocenters. The lowest BCUT2D eigenvalue weighted by atomic mass is 10.0. The molecule has 0 fully saturated rings. The Balaban J connectivity index is 2.54. The summed E-state index contributed by atoms with van der Waals surface area (Å²) in [6.07, 6.45) is 5.15. The molecular weight excluding hydrogens is 184 g/mol. The first kappa shape index (κ1) is 12.3. The van der Waals surface area contributed by atoms with E-state index in [1.54, 1.807) is 0 Å². The molecule has 0 saturated carbocycles. The van der Waals surface area contributed by atoms with E-state index in [-0.39, 0.29) is 6.10 Å². The van der Waals surface area contributed by atoms with Crippen molar-refractivity contribution in [3.63, 3.8) is 0 Å². The predicted octanol–water partition coefficient (Wildman–Crippen LogP) is 3.86. The third kappa shape index (κ3) is 4.05. The number of rotatable bonds is 6. The molecule has 1 heteroatoms. The Labute approximate surface area is 93.1 Å². The molecule has 84 valence electrons. The maximum atomic E-state index is 9.87. The molecule has 1 atom stereocenters. The molecule has 0 radical (unpaired) electrons. The second-order valence-corrected chi connectivity index (χ2v) is 4.15. The van der Waals surface area contributed by atoms with E-state index in [0.717, 1.165) is 31.2 Å². The number of unbranched alkanes of at least 4 members (excludes halogenated alkanes) is 1. The molecule has 0 bridgehead atoms. The molecule has 0 heterocycles. The quantitative estimate of drug-likeness (QED) is 0.749. The van der Waals surface area contributed by atoms with Gasteiger partial charge in [0.15, 0.2) is 0 Å². The predicted molar refractivity (Wildman–Crippen MR) is 64.9 cm³/mol. The Morgan fingerprint density at radius 3 is 2.27 bits per heavy atom. The zero-order valence-electron chi connectivity index (χ0n) is 9.87. The van der Waals surface area contributed by atoms with Crippen molar-refractivity contribution in [2.24, 2.45) is 0 Å². The van der Waals surface area contributed by atoms with Gasteiger partial charge >= 0.3 is 0 Å². The van der Waals surface area contributed by atoms with Gasteiger partial charge in [0, 0.05) is 0 Å². The Hall–Kier alpha value is -0.820. The van der Waals surface area contributed by atoms with Crippen LogP contribution >= 0.6 is 0 Å². The van der Waals surface area contributed by atoms with E-state index in [1.807, 2.05) is 0 Å². The van der Waals surface area contributed by atoms with Gasteiger partial charge in [0.05, 0.1) is 6.10 Å². The average molecular weight is 206 g/mol. The minimum absolute atomic E-state index is 0.277. The van der Waals surface area contributed by atoms with E-state index in [2.05, 4.69) is 38.1 Å². The van der Waals surface area contributed by atoms with Crippen molar-refractivity contribution >= 4 is 0 Å². The molecule has 0 amide bonds. The monoisotopic (exact) mass is 206 g/mol. The summed E-state index contributed by atoms with van der Waals surface area (Å²) in [7, 11) is 0. The van der Waals surface area contributed by atoms with Gasteiger partial charge in [0.1, 0.15) is 0 Å². The van der Waals surface area contributed by atoms with Crippen molar-refractivity contribution in [2.45, 2.75) is 52.1 Å². The zero-order chi connectivity index (χ0) is 11.1. The third-order valence-electron chi connectivity index (χ3n) is 2.73.